The molecule has 0 radical (unpaired) electrons. The van der Waals surface area contributed by atoms with Gasteiger partial charge in [0.2, 0.25) is 0 Å². The number of hydrogen-bond donors (Lipinski definition) is 3. The minimum Gasteiger partial charge on any atom is -0.507 e. The molecule has 0 amide bonds. The van der Waals surface area contributed by atoms with E-state index in [9.17, 15) is 20.1 Å². The van der Waals surface area contributed by atoms with E-state index in [1.807, 2.05) is 32.0 Å². The van der Waals surface area contributed by atoms with Gasteiger partial charge in [-0.15, -0.1) is 0 Å². The lowest BCUT2D eigenvalue weighted by molar-refractivity contribution is -0.163. The van der Waals surface area contributed by atoms with Crippen molar-refractivity contribution in [3.63, 3.8) is 0 Å². The van der Waals surface area contributed by atoms with E-state index in [0.29, 0.717) is 17.9 Å². The molecule has 7 heteroatoms. The van der Waals surface area contributed by atoms with Crippen molar-refractivity contribution in [3.05, 3.63) is 52.6 Å². The van der Waals surface area contributed by atoms with E-state index in [-0.39, 0.29) is 41.2 Å². The molecule has 3 N–H and O–H groups in total. The van der Waals surface area contributed by atoms with Crippen LogP contribution in [0.25, 0.3) is 0 Å². The van der Waals surface area contributed by atoms with Gasteiger partial charge in [0.25, 0.3) is 0 Å². The number of fused-ring (bicyclic) bond motifs is 4. The summed E-state index contributed by atoms with van der Waals surface area (Å²) in [4.78, 5) is 13.9. The molecular weight excluding hydrogens is 410 g/mol. The van der Waals surface area contributed by atoms with E-state index in [2.05, 4.69) is 4.90 Å². The average Bonchev–Trinajstić information content (AvgIpc) is 3.12. The molecule has 3 aliphatic rings. The average molecular weight is 440 g/mol. The molecule has 0 aliphatic carbocycles. The van der Waals surface area contributed by atoms with Crippen LogP contribution < -0.4 is 4.74 Å². The summed E-state index contributed by atoms with van der Waals surface area (Å²) in [5.41, 5.74) is 1.78. The quantitative estimate of drug-likeness (QED) is 0.665. The molecule has 2 fully saturated rings. The summed E-state index contributed by atoms with van der Waals surface area (Å²) in [5, 5.41) is 29.8. The van der Waals surface area contributed by atoms with Crippen molar-refractivity contribution >= 4 is 5.97 Å². The predicted molar refractivity (Wildman–Crippen MR) is 117 cm³/mol. The molecule has 0 aromatic heterocycles. The van der Waals surface area contributed by atoms with Crippen LogP contribution in [0.15, 0.2) is 30.3 Å². The van der Waals surface area contributed by atoms with Gasteiger partial charge in [-0.05, 0) is 56.9 Å². The number of carboxylic acid groups (broad SMARTS) is 1. The largest absolute Gasteiger partial charge is 0.507 e. The van der Waals surface area contributed by atoms with Crippen LogP contribution in [0.1, 0.15) is 59.8 Å². The van der Waals surface area contributed by atoms with Crippen LogP contribution in [0, 0.1) is 12.8 Å². The highest BCUT2D eigenvalue weighted by molar-refractivity contribution is 5.91. The van der Waals surface area contributed by atoms with E-state index < -0.39 is 11.6 Å². The van der Waals surface area contributed by atoms with Gasteiger partial charge in [0, 0.05) is 30.6 Å². The Morgan fingerprint density at radius 3 is 2.78 bits per heavy atom. The number of benzene rings is 2. The maximum absolute atomic E-state index is 11.5. The molecule has 4 atom stereocenters. The first-order chi connectivity index (χ1) is 15.2. The first kappa shape index (κ1) is 21.1. The van der Waals surface area contributed by atoms with Crippen molar-refractivity contribution in [1.82, 2.24) is 4.90 Å². The van der Waals surface area contributed by atoms with Gasteiger partial charge in [-0.2, -0.15) is 0 Å². The van der Waals surface area contributed by atoms with Gasteiger partial charge in [-0.1, -0.05) is 18.2 Å². The van der Waals surface area contributed by atoms with E-state index in [0.717, 1.165) is 30.5 Å². The second kappa shape index (κ2) is 7.39. The summed E-state index contributed by atoms with van der Waals surface area (Å²) < 4.78 is 12.9. The van der Waals surface area contributed by atoms with Crippen LogP contribution in [0.3, 0.4) is 0 Å². The van der Waals surface area contributed by atoms with Gasteiger partial charge >= 0.3 is 5.97 Å². The molecule has 32 heavy (non-hydrogen) atoms. The minimum atomic E-state index is -1.13. The Morgan fingerprint density at radius 2 is 2.03 bits per heavy atom. The second-order valence-corrected chi connectivity index (χ2v) is 9.78. The smallest absolute Gasteiger partial charge is 0.339 e. The lowest BCUT2D eigenvalue weighted by atomic mass is 9.74. The number of phenols is 2. The van der Waals surface area contributed by atoms with Crippen molar-refractivity contribution < 1.29 is 29.6 Å². The Bertz CT molecular complexity index is 1080. The topological polar surface area (TPSA) is 99.5 Å². The Balaban J connectivity index is 1.41. The molecule has 0 bridgehead atoms. The summed E-state index contributed by atoms with van der Waals surface area (Å²) in [6.07, 6.45) is 1.72. The molecule has 2 saturated heterocycles. The number of hydrogen-bond acceptors (Lipinski definition) is 6. The minimum absolute atomic E-state index is 0.0612. The number of phenolic OH excluding ortho intramolecular Hbond substituents is 1. The number of carboxylic acids is 1. The number of aryl methyl sites for hydroxylation is 1. The number of para-hydroxylation sites is 1. The second-order valence-electron chi connectivity index (χ2n) is 9.78. The lowest BCUT2D eigenvalue weighted by Crippen LogP contribution is -2.53. The highest BCUT2D eigenvalue weighted by Crippen LogP contribution is 2.54. The molecule has 3 heterocycles. The third-order valence-corrected chi connectivity index (χ3v) is 7.35. The molecule has 0 saturated carbocycles. The standard InChI is InChI=1S/C25H29NO6/c1-13-9-14(10-16(21(13)28)24(29)30)12-26-8-7-20-18(26)11-17-22(31-20)15-5-4-6-19(27)23(15)32-25(17,2)3/h4-6,9-10,17-18,20,22,27-28H,7-8,11-12H2,1-3H3,(H,29,30)/t17-,18+,20-,22+/m0/s1. The van der Waals surface area contributed by atoms with E-state index in [1.54, 1.807) is 19.1 Å². The predicted octanol–water partition coefficient (Wildman–Crippen LogP) is 4.00. The zero-order valence-corrected chi connectivity index (χ0v) is 18.5. The summed E-state index contributed by atoms with van der Waals surface area (Å²) in [6.45, 7) is 7.27. The highest BCUT2D eigenvalue weighted by Gasteiger charge is 2.53. The molecule has 3 aliphatic heterocycles. The molecule has 170 valence electrons. The Hall–Kier alpha value is -2.77. The molecule has 7 nitrogen and oxygen atoms in total. The van der Waals surface area contributed by atoms with Crippen molar-refractivity contribution in [2.75, 3.05) is 6.54 Å². The fourth-order valence-corrected chi connectivity index (χ4v) is 5.71. The van der Waals surface area contributed by atoms with Gasteiger partial charge in [-0.3, -0.25) is 4.90 Å². The van der Waals surface area contributed by atoms with E-state index in [4.69, 9.17) is 9.47 Å². The summed E-state index contributed by atoms with van der Waals surface area (Å²) in [5.74, 6) is -0.515. The Morgan fingerprint density at radius 1 is 1.25 bits per heavy atom. The Labute approximate surface area is 187 Å². The number of aromatic carboxylic acids is 1. The molecule has 0 spiro atoms. The zero-order chi connectivity index (χ0) is 22.8. The van der Waals surface area contributed by atoms with Crippen LogP contribution in [0.5, 0.6) is 17.2 Å². The Kier molecular flexibility index (Phi) is 4.87. The number of rotatable bonds is 3. The highest BCUT2D eigenvalue weighted by atomic mass is 16.5. The molecule has 2 aromatic rings. The SMILES string of the molecule is Cc1cc(CN2CC[C@@H]3O[C@@H]4c5cccc(O)c5OC(C)(C)[C@H]4C[C@H]32)cc(C(=O)O)c1O. The number of ether oxygens (including phenoxy) is 2. The molecule has 0 unspecified atom stereocenters. The van der Waals surface area contributed by atoms with Crippen LogP contribution in [-0.4, -0.2) is 50.5 Å². The van der Waals surface area contributed by atoms with Crippen molar-refractivity contribution in [2.24, 2.45) is 5.92 Å². The fraction of sp³-hybridized carbons (Fsp3) is 0.480. The van der Waals surface area contributed by atoms with Crippen LogP contribution >= 0.6 is 0 Å². The summed E-state index contributed by atoms with van der Waals surface area (Å²) in [7, 11) is 0. The van der Waals surface area contributed by atoms with Crippen LogP contribution in [0.2, 0.25) is 0 Å². The summed E-state index contributed by atoms with van der Waals surface area (Å²) >= 11 is 0. The van der Waals surface area contributed by atoms with Gasteiger partial charge < -0.3 is 24.8 Å². The molecule has 2 aromatic carbocycles. The van der Waals surface area contributed by atoms with E-state index >= 15 is 0 Å². The number of carbonyl (C=O) groups is 1. The number of aromatic hydroxyl groups is 2. The normalized spacial score (nSPS) is 28.3. The maximum atomic E-state index is 11.5. The van der Waals surface area contributed by atoms with Crippen molar-refractivity contribution in [3.8, 4) is 17.2 Å². The van der Waals surface area contributed by atoms with E-state index in [1.165, 1.54) is 0 Å². The molecular formula is C25H29NO6. The zero-order valence-electron chi connectivity index (χ0n) is 18.5. The lowest BCUT2D eigenvalue weighted by Gasteiger charge is -2.50. The van der Waals surface area contributed by atoms with Gasteiger partial charge in [-0.25, -0.2) is 4.79 Å². The van der Waals surface area contributed by atoms with Gasteiger partial charge in [0.15, 0.2) is 11.5 Å². The first-order valence-electron chi connectivity index (χ1n) is 11.1. The van der Waals surface area contributed by atoms with Crippen molar-refractivity contribution in [2.45, 2.75) is 64.0 Å². The number of likely N-dealkylation sites (tertiary alicyclic amines) is 1. The fourth-order valence-electron chi connectivity index (χ4n) is 5.71. The number of nitrogens with zero attached hydrogens (tertiary/aromatic N) is 1. The maximum Gasteiger partial charge on any atom is 0.339 e. The van der Waals surface area contributed by atoms with Gasteiger partial charge in [0.05, 0.1) is 12.2 Å². The van der Waals surface area contributed by atoms with Crippen LogP contribution in [0.4, 0.5) is 0 Å². The van der Waals surface area contributed by atoms with Crippen LogP contribution in [-0.2, 0) is 11.3 Å². The van der Waals surface area contributed by atoms with Gasteiger partial charge in [0.1, 0.15) is 16.9 Å². The third kappa shape index (κ3) is 3.31. The third-order valence-electron chi connectivity index (χ3n) is 7.35. The summed E-state index contributed by atoms with van der Waals surface area (Å²) in [6, 6.07) is 9.06. The monoisotopic (exact) mass is 439 g/mol. The van der Waals surface area contributed by atoms with Crippen molar-refractivity contribution in [1.29, 1.82) is 0 Å². The molecule has 5 rings (SSSR count). The first-order valence-corrected chi connectivity index (χ1v) is 11.1.